The molecule has 108 valence electrons. The van der Waals surface area contributed by atoms with Crippen molar-refractivity contribution in [2.24, 2.45) is 0 Å². The van der Waals surface area contributed by atoms with E-state index < -0.39 is 0 Å². The van der Waals surface area contributed by atoms with Crippen LogP contribution >= 0.6 is 0 Å². The van der Waals surface area contributed by atoms with Crippen molar-refractivity contribution in [1.82, 2.24) is 0 Å². The number of anilines is 2. The fourth-order valence-corrected chi connectivity index (χ4v) is 1.96. The van der Waals surface area contributed by atoms with Crippen molar-refractivity contribution < 1.29 is 14.0 Å². The third-order valence-corrected chi connectivity index (χ3v) is 2.87. The van der Waals surface area contributed by atoms with Gasteiger partial charge < -0.3 is 10.6 Å². The minimum Gasteiger partial charge on any atom is -0.326 e. The molecule has 0 radical (unpaired) electrons. The second kappa shape index (κ2) is 6.17. The van der Waals surface area contributed by atoms with Gasteiger partial charge in [-0.3, -0.25) is 9.59 Å². The number of hydrogen-bond acceptors (Lipinski definition) is 2. The molecule has 0 bridgehead atoms. The third-order valence-electron chi connectivity index (χ3n) is 2.87. The molecule has 0 heterocycles. The van der Waals surface area contributed by atoms with Crippen LogP contribution in [0, 0.1) is 12.7 Å². The number of amides is 2. The summed E-state index contributed by atoms with van der Waals surface area (Å²) in [6.45, 7) is 3.08. The Bertz CT molecular complexity index is 698. The molecule has 0 aliphatic heterocycles. The van der Waals surface area contributed by atoms with Crippen molar-refractivity contribution in [1.29, 1.82) is 0 Å². The van der Waals surface area contributed by atoms with Crippen molar-refractivity contribution in [3.63, 3.8) is 0 Å². The summed E-state index contributed by atoms with van der Waals surface area (Å²) in [5.41, 5.74) is 2.11. The minimum atomic E-state index is -0.378. The average molecular weight is 286 g/mol. The summed E-state index contributed by atoms with van der Waals surface area (Å²) >= 11 is 0. The van der Waals surface area contributed by atoms with Gasteiger partial charge in [-0.05, 0) is 48.9 Å². The molecule has 0 aliphatic rings. The molecule has 2 amide bonds. The molecule has 4 nitrogen and oxygen atoms in total. The Hall–Kier alpha value is -2.69. The highest BCUT2D eigenvalue weighted by molar-refractivity contribution is 6.05. The molecule has 2 rings (SSSR count). The lowest BCUT2D eigenvalue weighted by molar-refractivity contribution is -0.114. The standard InChI is InChI=1S/C16H15FN2O2/c1-10-8-12(17)6-7-15(10)16(21)19-14-5-3-4-13(9-14)18-11(2)20/h3-9H,1-2H3,(H,18,20)(H,19,21). The number of benzene rings is 2. The first-order chi connectivity index (χ1) is 9.95. The van der Waals surface area contributed by atoms with E-state index in [1.807, 2.05) is 0 Å². The predicted molar refractivity (Wildman–Crippen MR) is 79.8 cm³/mol. The molecule has 0 saturated heterocycles. The van der Waals surface area contributed by atoms with E-state index >= 15 is 0 Å². The van der Waals surface area contributed by atoms with E-state index in [1.165, 1.54) is 25.1 Å². The molecule has 0 unspecified atom stereocenters. The quantitative estimate of drug-likeness (QED) is 0.909. The maximum absolute atomic E-state index is 13.0. The molecular formula is C16H15FN2O2. The highest BCUT2D eigenvalue weighted by Crippen LogP contribution is 2.17. The normalized spacial score (nSPS) is 10.0. The molecule has 0 atom stereocenters. The van der Waals surface area contributed by atoms with Gasteiger partial charge in [0.25, 0.3) is 5.91 Å². The predicted octanol–water partition coefficient (Wildman–Crippen LogP) is 3.34. The topological polar surface area (TPSA) is 58.2 Å². The number of halogens is 1. The summed E-state index contributed by atoms with van der Waals surface area (Å²) in [6.07, 6.45) is 0. The number of rotatable bonds is 3. The summed E-state index contributed by atoms with van der Waals surface area (Å²) < 4.78 is 13.0. The summed E-state index contributed by atoms with van der Waals surface area (Å²) in [4.78, 5) is 23.2. The average Bonchev–Trinajstić information content (AvgIpc) is 2.37. The van der Waals surface area contributed by atoms with Crippen LogP contribution in [-0.4, -0.2) is 11.8 Å². The number of carbonyl (C=O) groups excluding carboxylic acids is 2. The lowest BCUT2D eigenvalue weighted by Crippen LogP contribution is -2.14. The van der Waals surface area contributed by atoms with Gasteiger partial charge in [0.1, 0.15) is 5.82 Å². The first kappa shape index (κ1) is 14.7. The largest absolute Gasteiger partial charge is 0.326 e. The molecule has 5 heteroatoms. The maximum atomic E-state index is 13.0. The second-order valence-corrected chi connectivity index (χ2v) is 4.68. The van der Waals surface area contributed by atoms with E-state index in [1.54, 1.807) is 31.2 Å². The molecule has 0 aromatic heterocycles. The maximum Gasteiger partial charge on any atom is 0.255 e. The fourth-order valence-electron chi connectivity index (χ4n) is 1.96. The molecule has 2 aromatic carbocycles. The van der Waals surface area contributed by atoms with E-state index in [9.17, 15) is 14.0 Å². The van der Waals surface area contributed by atoms with Gasteiger partial charge in [0, 0.05) is 23.9 Å². The van der Waals surface area contributed by atoms with E-state index in [-0.39, 0.29) is 17.6 Å². The number of carbonyl (C=O) groups is 2. The van der Waals surface area contributed by atoms with Crippen LogP contribution in [0.3, 0.4) is 0 Å². The Morgan fingerprint density at radius 1 is 1.00 bits per heavy atom. The highest BCUT2D eigenvalue weighted by Gasteiger charge is 2.10. The first-order valence-corrected chi connectivity index (χ1v) is 6.41. The third kappa shape index (κ3) is 3.89. The van der Waals surface area contributed by atoms with Gasteiger partial charge in [-0.2, -0.15) is 0 Å². The Balaban J connectivity index is 2.17. The molecule has 0 fully saturated rings. The summed E-state index contributed by atoms with van der Waals surface area (Å²) in [5.74, 6) is -0.892. The summed E-state index contributed by atoms with van der Waals surface area (Å²) in [5, 5.41) is 5.36. The van der Waals surface area contributed by atoms with Crippen molar-refractivity contribution in [3.05, 3.63) is 59.4 Å². The van der Waals surface area contributed by atoms with Crippen molar-refractivity contribution in [3.8, 4) is 0 Å². The second-order valence-electron chi connectivity index (χ2n) is 4.68. The van der Waals surface area contributed by atoms with Crippen LogP contribution in [0.4, 0.5) is 15.8 Å². The minimum absolute atomic E-state index is 0.187. The lowest BCUT2D eigenvalue weighted by atomic mass is 10.1. The molecule has 21 heavy (non-hydrogen) atoms. The monoisotopic (exact) mass is 286 g/mol. The first-order valence-electron chi connectivity index (χ1n) is 6.41. The Morgan fingerprint density at radius 3 is 2.29 bits per heavy atom. The summed E-state index contributed by atoms with van der Waals surface area (Å²) in [6, 6.07) is 10.8. The molecule has 0 aliphatic carbocycles. The lowest BCUT2D eigenvalue weighted by Gasteiger charge is -2.09. The number of nitrogens with one attached hydrogen (secondary N) is 2. The van der Waals surface area contributed by atoms with Crippen LogP contribution in [0.2, 0.25) is 0 Å². The van der Waals surface area contributed by atoms with Crippen LogP contribution in [0.5, 0.6) is 0 Å². The molecule has 2 N–H and O–H groups in total. The summed E-state index contributed by atoms with van der Waals surface area (Å²) in [7, 11) is 0. The highest BCUT2D eigenvalue weighted by atomic mass is 19.1. The van der Waals surface area contributed by atoms with E-state index in [4.69, 9.17) is 0 Å². The Labute approximate surface area is 122 Å². The van der Waals surface area contributed by atoms with E-state index in [0.29, 0.717) is 22.5 Å². The Morgan fingerprint density at radius 2 is 1.67 bits per heavy atom. The van der Waals surface area contributed by atoms with Gasteiger partial charge in [-0.15, -0.1) is 0 Å². The SMILES string of the molecule is CC(=O)Nc1cccc(NC(=O)c2ccc(F)cc2C)c1. The van der Waals surface area contributed by atoms with Crippen molar-refractivity contribution >= 4 is 23.2 Å². The number of aryl methyl sites for hydroxylation is 1. The van der Waals surface area contributed by atoms with Crippen LogP contribution in [0.25, 0.3) is 0 Å². The van der Waals surface area contributed by atoms with Crippen LogP contribution in [-0.2, 0) is 4.79 Å². The van der Waals surface area contributed by atoms with Gasteiger partial charge in [-0.25, -0.2) is 4.39 Å². The van der Waals surface area contributed by atoms with Crippen LogP contribution in [0.1, 0.15) is 22.8 Å². The van der Waals surface area contributed by atoms with Gasteiger partial charge in [0.05, 0.1) is 0 Å². The number of hydrogen-bond donors (Lipinski definition) is 2. The van der Waals surface area contributed by atoms with Crippen LogP contribution < -0.4 is 10.6 Å². The molecule has 0 saturated carbocycles. The van der Waals surface area contributed by atoms with Gasteiger partial charge in [0.2, 0.25) is 5.91 Å². The zero-order chi connectivity index (χ0) is 15.4. The van der Waals surface area contributed by atoms with Gasteiger partial charge >= 0.3 is 0 Å². The zero-order valence-corrected chi connectivity index (χ0v) is 11.7. The van der Waals surface area contributed by atoms with Crippen molar-refractivity contribution in [2.75, 3.05) is 10.6 Å². The Kier molecular flexibility index (Phi) is 4.33. The zero-order valence-electron chi connectivity index (χ0n) is 11.7. The van der Waals surface area contributed by atoms with Gasteiger partial charge in [0.15, 0.2) is 0 Å². The van der Waals surface area contributed by atoms with Gasteiger partial charge in [-0.1, -0.05) is 6.07 Å². The van der Waals surface area contributed by atoms with Crippen molar-refractivity contribution in [2.45, 2.75) is 13.8 Å². The molecular weight excluding hydrogens is 271 g/mol. The fraction of sp³-hybridized carbons (Fsp3) is 0.125. The van der Waals surface area contributed by atoms with Crippen LogP contribution in [0.15, 0.2) is 42.5 Å². The molecule has 0 spiro atoms. The van der Waals surface area contributed by atoms with E-state index in [0.717, 1.165) is 0 Å². The smallest absolute Gasteiger partial charge is 0.255 e. The van der Waals surface area contributed by atoms with E-state index in [2.05, 4.69) is 10.6 Å². The molecule has 2 aromatic rings.